The van der Waals surface area contributed by atoms with Crippen LogP contribution < -0.4 is 5.32 Å². The summed E-state index contributed by atoms with van der Waals surface area (Å²) in [7, 11) is 0. The lowest BCUT2D eigenvalue weighted by Gasteiger charge is -2.11. The van der Waals surface area contributed by atoms with Gasteiger partial charge >= 0.3 is 0 Å². The third-order valence-electron chi connectivity index (χ3n) is 2.70. The van der Waals surface area contributed by atoms with Gasteiger partial charge in [-0.3, -0.25) is 4.79 Å². The molecule has 2 aromatic rings. The van der Waals surface area contributed by atoms with E-state index < -0.39 is 17.1 Å². The molecule has 0 radical (unpaired) electrons. The maximum absolute atomic E-state index is 13.6. The normalized spacial score (nSPS) is 11.9. The Morgan fingerprint density at radius 2 is 1.89 bits per heavy atom. The molecule has 0 aliphatic rings. The van der Waals surface area contributed by atoms with Crippen molar-refractivity contribution in [2.45, 2.75) is 12.3 Å². The van der Waals surface area contributed by atoms with Crippen molar-refractivity contribution in [1.82, 2.24) is 0 Å². The van der Waals surface area contributed by atoms with E-state index in [2.05, 4.69) is 5.32 Å². The van der Waals surface area contributed by atoms with E-state index in [-0.39, 0.29) is 5.69 Å². The van der Waals surface area contributed by atoms with Crippen LogP contribution in [0.3, 0.4) is 0 Å². The summed E-state index contributed by atoms with van der Waals surface area (Å²) in [6, 6.07) is 13.5. The summed E-state index contributed by atoms with van der Waals surface area (Å²) in [5.41, 5.74) is 1.60. The zero-order valence-corrected chi connectivity index (χ0v) is 11.1. The minimum absolute atomic E-state index is 0.136. The topological polar surface area (TPSA) is 29.1 Å². The highest BCUT2D eigenvalue weighted by Gasteiger charge is 2.18. The van der Waals surface area contributed by atoms with E-state index in [1.807, 2.05) is 6.07 Å². The molecule has 0 heterocycles. The van der Waals surface area contributed by atoms with Crippen LogP contribution in [0.25, 0.3) is 0 Å². The summed E-state index contributed by atoms with van der Waals surface area (Å²) in [6.45, 7) is 1.78. The van der Waals surface area contributed by atoms with Gasteiger partial charge in [-0.1, -0.05) is 36.4 Å². The average Bonchev–Trinajstić information content (AvgIpc) is 2.42. The summed E-state index contributed by atoms with van der Waals surface area (Å²) in [4.78, 5) is 11.9. The molecule has 2 rings (SSSR count). The zero-order valence-electron chi connectivity index (χ0n) is 10.4. The monoisotopic (exact) mass is 277 g/mol. The average molecular weight is 278 g/mol. The van der Waals surface area contributed by atoms with Gasteiger partial charge in [0.15, 0.2) is 0 Å². The molecule has 0 bridgehead atoms. The summed E-state index contributed by atoms with van der Waals surface area (Å²) in [5, 5.41) is 1.64. The molecule has 19 heavy (non-hydrogen) atoms. The molecular formula is C15H13ClFNO. The molecule has 0 saturated heterocycles. The van der Waals surface area contributed by atoms with Crippen LogP contribution in [0.5, 0.6) is 0 Å². The van der Waals surface area contributed by atoms with E-state index in [9.17, 15) is 9.18 Å². The fourth-order valence-corrected chi connectivity index (χ4v) is 1.89. The van der Waals surface area contributed by atoms with E-state index in [1.165, 1.54) is 12.1 Å². The number of aryl methyl sites for hydroxylation is 1. The Morgan fingerprint density at radius 1 is 1.21 bits per heavy atom. The van der Waals surface area contributed by atoms with Crippen LogP contribution in [-0.4, -0.2) is 5.91 Å². The molecular weight excluding hydrogens is 265 g/mol. The summed E-state index contributed by atoms with van der Waals surface area (Å²) in [6.07, 6.45) is 0. The van der Waals surface area contributed by atoms with Crippen LogP contribution in [0.4, 0.5) is 10.1 Å². The summed E-state index contributed by atoms with van der Waals surface area (Å²) in [5.74, 6) is -0.916. The molecule has 0 saturated carbocycles. The predicted molar refractivity (Wildman–Crippen MR) is 74.8 cm³/mol. The van der Waals surface area contributed by atoms with Gasteiger partial charge in [-0.15, -0.1) is 11.6 Å². The smallest absolute Gasteiger partial charge is 0.247 e. The number of hydrogen-bond donors (Lipinski definition) is 1. The van der Waals surface area contributed by atoms with Gasteiger partial charge in [-0.05, 0) is 30.2 Å². The summed E-state index contributed by atoms with van der Waals surface area (Å²) < 4.78 is 13.6. The standard InChI is InChI=1S/C15H13ClFNO/c1-10-7-8-13(12(17)9-10)18-15(19)14(16)11-5-3-2-4-6-11/h2-9,14H,1H3,(H,18,19). The zero-order chi connectivity index (χ0) is 13.8. The lowest BCUT2D eigenvalue weighted by molar-refractivity contribution is -0.116. The van der Waals surface area contributed by atoms with Gasteiger partial charge in [-0.25, -0.2) is 4.39 Å². The van der Waals surface area contributed by atoms with Crippen LogP contribution in [0.2, 0.25) is 0 Å². The van der Waals surface area contributed by atoms with Gasteiger partial charge in [0, 0.05) is 0 Å². The minimum Gasteiger partial charge on any atom is -0.322 e. The second-order valence-corrected chi connectivity index (χ2v) is 4.68. The number of halogens is 2. The Balaban J connectivity index is 2.13. The van der Waals surface area contributed by atoms with Crippen molar-refractivity contribution in [3.63, 3.8) is 0 Å². The van der Waals surface area contributed by atoms with Gasteiger partial charge in [0.2, 0.25) is 5.91 Å². The number of carbonyl (C=O) groups excluding carboxylic acids is 1. The van der Waals surface area contributed by atoms with E-state index in [0.717, 1.165) is 5.56 Å². The Kier molecular flexibility index (Phi) is 4.17. The van der Waals surface area contributed by atoms with E-state index in [1.54, 1.807) is 37.3 Å². The highest BCUT2D eigenvalue weighted by atomic mass is 35.5. The molecule has 1 amide bonds. The van der Waals surface area contributed by atoms with E-state index >= 15 is 0 Å². The number of amides is 1. The van der Waals surface area contributed by atoms with Crippen molar-refractivity contribution in [1.29, 1.82) is 0 Å². The fraction of sp³-hybridized carbons (Fsp3) is 0.133. The molecule has 0 aromatic heterocycles. The maximum atomic E-state index is 13.6. The first kappa shape index (κ1) is 13.6. The number of alkyl halides is 1. The lowest BCUT2D eigenvalue weighted by Crippen LogP contribution is -2.18. The number of rotatable bonds is 3. The largest absolute Gasteiger partial charge is 0.322 e. The second kappa shape index (κ2) is 5.85. The Bertz CT molecular complexity index is 586. The molecule has 0 fully saturated rings. The Morgan fingerprint density at radius 3 is 2.53 bits per heavy atom. The van der Waals surface area contributed by atoms with Gasteiger partial charge < -0.3 is 5.32 Å². The number of carbonyl (C=O) groups is 1. The number of benzene rings is 2. The Hall–Kier alpha value is -1.87. The van der Waals surface area contributed by atoms with Crippen LogP contribution in [0, 0.1) is 12.7 Å². The van der Waals surface area contributed by atoms with Crippen molar-refractivity contribution in [2.24, 2.45) is 0 Å². The molecule has 0 aliphatic heterocycles. The number of nitrogens with one attached hydrogen (secondary N) is 1. The van der Waals surface area contributed by atoms with E-state index in [4.69, 9.17) is 11.6 Å². The number of hydrogen-bond acceptors (Lipinski definition) is 1. The first-order valence-corrected chi connectivity index (χ1v) is 6.27. The summed E-state index contributed by atoms with van der Waals surface area (Å²) >= 11 is 6.06. The first-order chi connectivity index (χ1) is 9.08. The van der Waals surface area contributed by atoms with Gasteiger partial charge in [0.05, 0.1) is 5.69 Å². The van der Waals surface area contributed by atoms with Crippen molar-refractivity contribution in [2.75, 3.05) is 5.32 Å². The van der Waals surface area contributed by atoms with Crippen LogP contribution in [0.15, 0.2) is 48.5 Å². The van der Waals surface area contributed by atoms with Crippen LogP contribution in [0.1, 0.15) is 16.5 Å². The third-order valence-corrected chi connectivity index (χ3v) is 3.16. The van der Waals surface area contributed by atoms with Gasteiger partial charge in [0.1, 0.15) is 11.2 Å². The third kappa shape index (κ3) is 3.32. The van der Waals surface area contributed by atoms with Crippen molar-refractivity contribution >= 4 is 23.2 Å². The second-order valence-electron chi connectivity index (χ2n) is 4.25. The maximum Gasteiger partial charge on any atom is 0.247 e. The van der Waals surface area contributed by atoms with E-state index in [0.29, 0.717) is 5.56 Å². The molecule has 4 heteroatoms. The molecule has 2 aromatic carbocycles. The van der Waals surface area contributed by atoms with Crippen molar-refractivity contribution in [3.05, 3.63) is 65.5 Å². The molecule has 1 N–H and O–H groups in total. The van der Waals surface area contributed by atoms with Crippen molar-refractivity contribution < 1.29 is 9.18 Å². The van der Waals surface area contributed by atoms with Gasteiger partial charge in [-0.2, -0.15) is 0 Å². The first-order valence-electron chi connectivity index (χ1n) is 5.84. The van der Waals surface area contributed by atoms with Crippen LogP contribution >= 0.6 is 11.6 Å². The predicted octanol–water partition coefficient (Wildman–Crippen LogP) is 4.05. The minimum atomic E-state index is -0.845. The molecule has 98 valence electrons. The lowest BCUT2D eigenvalue weighted by atomic mass is 10.1. The Labute approximate surface area is 116 Å². The van der Waals surface area contributed by atoms with Crippen molar-refractivity contribution in [3.8, 4) is 0 Å². The quantitative estimate of drug-likeness (QED) is 0.843. The van der Waals surface area contributed by atoms with Gasteiger partial charge in [0.25, 0.3) is 0 Å². The highest BCUT2D eigenvalue weighted by molar-refractivity contribution is 6.32. The molecule has 0 aliphatic carbocycles. The number of anilines is 1. The highest BCUT2D eigenvalue weighted by Crippen LogP contribution is 2.23. The molecule has 1 unspecified atom stereocenters. The van der Waals surface area contributed by atoms with Crippen LogP contribution in [-0.2, 0) is 4.79 Å². The molecule has 1 atom stereocenters. The molecule has 2 nitrogen and oxygen atoms in total. The SMILES string of the molecule is Cc1ccc(NC(=O)C(Cl)c2ccccc2)c(F)c1. The molecule has 0 spiro atoms. The fourth-order valence-electron chi connectivity index (χ4n) is 1.69.